The van der Waals surface area contributed by atoms with Crippen molar-refractivity contribution >= 4 is 38.9 Å². The minimum Gasteiger partial charge on any atom is -0.148 e. The molecule has 1 heterocycles. The Kier molecular flexibility index (Phi) is 4.77. The largest absolute Gasteiger partial charge is 0.148 e. The first-order valence-electron chi connectivity index (χ1n) is 4.47. The van der Waals surface area contributed by atoms with Crippen LogP contribution >= 0.6 is 38.9 Å². The van der Waals surface area contributed by atoms with E-state index in [9.17, 15) is 0 Å². The molecule has 0 saturated heterocycles. The van der Waals surface area contributed by atoms with Crippen molar-refractivity contribution < 1.29 is 0 Å². The van der Waals surface area contributed by atoms with Gasteiger partial charge in [0, 0.05) is 14.7 Å². The molecule has 0 fully saturated rings. The van der Waals surface area contributed by atoms with E-state index < -0.39 is 0 Å². The molecule has 3 heteroatoms. The van der Waals surface area contributed by atoms with Crippen LogP contribution in [0.2, 0.25) is 0 Å². The molecular weight excluding hydrogens is 268 g/mol. The van der Waals surface area contributed by atoms with E-state index in [1.54, 1.807) is 11.3 Å². The quantitative estimate of drug-likeness (QED) is 0.701. The van der Waals surface area contributed by atoms with E-state index in [2.05, 4.69) is 41.2 Å². The van der Waals surface area contributed by atoms with Crippen molar-refractivity contribution in [2.24, 2.45) is 5.92 Å². The molecular formula is C10H14BrClS. The first kappa shape index (κ1) is 11.5. The van der Waals surface area contributed by atoms with Gasteiger partial charge in [-0.3, -0.25) is 0 Å². The standard InChI is InChI=1S/C10H14BrClS/c1-7(2)9(12)3-4-10-8(11)5-6-13-10/h5-7,9H,3-4H2,1-2H3. The molecule has 0 radical (unpaired) electrons. The maximum atomic E-state index is 6.17. The zero-order chi connectivity index (χ0) is 9.84. The Morgan fingerprint density at radius 2 is 2.23 bits per heavy atom. The lowest BCUT2D eigenvalue weighted by atomic mass is 10.1. The molecule has 0 amide bonds. The summed E-state index contributed by atoms with van der Waals surface area (Å²) >= 11 is 11.5. The maximum absolute atomic E-state index is 6.17. The Labute approximate surface area is 97.4 Å². The topological polar surface area (TPSA) is 0 Å². The molecule has 1 atom stereocenters. The summed E-state index contributed by atoms with van der Waals surface area (Å²) in [5.74, 6) is 0.570. The Hall–Kier alpha value is 0.470. The predicted octanol–water partition coefficient (Wildman–Crippen LogP) is 4.71. The lowest BCUT2D eigenvalue weighted by molar-refractivity contribution is 0.567. The highest BCUT2D eigenvalue weighted by molar-refractivity contribution is 9.10. The van der Waals surface area contributed by atoms with Gasteiger partial charge in [-0.15, -0.1) is 22.9 Å². The third-order valence-corrected chi connectivity index (χ3v) is 4.77. The average Bonchev–Trinajstić information content (AvgIpc) is 2.47. The van der Waals surface area contributed by atoms with Gasteiger partial charge >= 0.3 is 0 Å². The summed E-state index contributed by atoms with van der Waals surface area (Å²) in [6, 6.07) is 2.10. The van der Waals surface area contributed by atoms with Crippen molar-refractivity contribution in [2.45, 2.75) is 32.1 Å². The smallest absolute Gasteiger partial charge is 0.0362 e. The van der Waals surface area contributed by atoms with Crippen LogP contribution in [0.15, 0.2) is 15.9 Å². The second-order valence-corrected chi connectivity index (χ2v) is 5.91. The summed E-state index contributed by atoms with van der Waals surface area (Å²) in [5, 5.41) is 2.41. The van der Waals surface area contributed by atoms with Gasteiger partial charge in [0.15, 0.2) is 0 Å². The SMILES string of the molecule is CC(C)C(Cl)CCc1sccc1Br. The van der Waals surface area contributed by atoms with Gasteiger partial charge in [-0.05, 0) is 46.1 Å². The zero-order valence-corrected chi connectivity index (χ0v) is 11.0. The second-order valence-electron chi connectivity index (χ2n) is 3.49. The van der Waals surface area contributed by atoms with Crippen molar-refractivity contribution in [1.82, 2.24) is 0 Å². The number of hydrogen-bond acceptors (Lipinski definition) is 1. The zero-order valence-electron chi connectivity index (χ0n) is 7.89. The van der Waals surface area contributed by atoms with E-state index in [1.165, 1.54) is 9.35 Å². The molecule has 74 valence electrons. The van der Waals surface area contributed by atoms with E-state index >= 15 is 0 Å². The van der Waals surface area contributed by atoms with Crippen LogP contribution in [0, 0.1) is 5.92 Å². The molecule has 0 aliphatic heterocycles. The van der Waals surface area contributed by atoms with Crippen LogP contribution in [0.5, 0.6) is 0 Å². The number of rotatable bonds is 4. The summed E-state index contributed by atoms with van der Waals surface area (Å²) < 4.78 is 1.23. The summed E-state index contributed by atoms with van der Waals surface area (Å²) in [4.78, 5) is 1.41. The van der Waals surface area contributed by atoms with Gasteiger partial charge in [0.05, 0.1) is 0 Å². The van der Waals surface area contributed by atoms with Crippen LogP contribution in [0.25, 0.3) is 0 Å². The third-order valence-electron chi connectivity index (χ3n) is 2.06. The molecule has 0 nitrogen and oxygen atoms in total. The molecule has 13 heavy (non-hydrogen) atoms. The highest BCUT2D eigenvalue weighted by atomic mass is 79.9. The van der Waals surface area contributed by atoms with Crippen LogP contribution in [0.1, 0.15) is 25.1 Å². The van der Waals surface area contributed by atoms with E-state index in [4.69, 9.17) is 11.6 Å². The molecule has 0 aromatic carbocycles. The molecule has 0 saturated carbocycles. The van der Waals surface area contributed by atoms with Crippen molar-refractivity contribution in [3.05, 3.63) is 20.8 Å². The van der Waals surface area contributed by atoms with E-state index in [1.807, 2.05) is 0 Å². The fourth-order valence-corrected chi connectivity index (χ4v) is 2.79. The van der Waals surface area contributed by atoms with Crippen LogP contribution in [0.3, 0.4) is 0 Å². The van der Waals surface area contributed by atoms with Gasteiger partial charge in [-0.1, -0.05) is 13.8 Å². The molecule has 0 N–H and O–H groups in total. The Morgan fingerprint density at radius 3 is 2.69 bits per heavy atom. The monoisotopic (exact) mass is 280 g/mol. The highest BCUT2D eigenvalue weighted by Crippen LogP contribution is 2.26. The Bertz CT molecular complexity index is 257. The predicted molar refractivity (Wildman–Crippen MR) is 64.8 cm³/mol. The van der Waals surface area contributed by atoms with Crippen molar-refractivity contribution in [3.8, 4) is 0 Å². The lowest BCUT2D eigenvalue weighted by Gasteiger charge is -2.12. The molecule has 0 bridgehead atoms. The molecule has 1 aromatic rings. The number of aryl methyl sites for hydroxylation is 1. The first-order chi connectivity index (χ1) is 6.11. The van der Waals surface area contributed by atoms with Crippen LogP contribution in [-0.4, -0.2) is 5.38 Å². The average molecular weight is 282 g/mol. The molecule has 0 aliphatic carbocycles. The van der Waals surface area contributed by atoms with Crippen molar-refractivity contribution in [1.29, 1.82) is 0 Å². The molecule has 1 unspecified atom stereocenters. The second kappa shape index (κ2) is 5.38. The highest BCUT2D eigenvalue weighted by Gasteiger charge is 2.10. The minimum atomic E-state index is 0.300. The minimum absolute atomic E-state index is 0.300. The summed E-state index contributed by atoms with van der Waals surface area (Å²) in [6.45, 7) is 4.34. The van der Waals surface area contributed by atoms with Gasteiger partial charge in [0.1, 0.15) is 0 Å². The normalized spacial score (nSPS) is 13.6. The Morgan fingerprint density at radius 1 is 1.54 bits per heavy atom. The van der Waals surface area contributed by atoms with Gasteiger partial charge in [0.2, 0.25) is 0 Å². The van der Waals surface area contributed by atoms with Crippen LogP contribution < -0.4 is 0 Å². The maximum Gasteiger partial charge on any atom is 0.0362 e. The molecule has 1 rings (SSSR count). The fraction of sp³-hybridized carbons (Fsp3) is 0.600. The summed E-state index contributed by atoms with van der Waals surface area (Å²) in [7, 11) is 0. The number of hydrogen-bond donors (Lipinski definition) is 0. The molecule has 0 spiro atoms. The molecule has 0 aliphatic rings. The van der Waals surface area contributed by atoms with Crippen LogP contribution in [0.4, 0.5) is 0 Å². The molecule has 1 aromatic heterocycles. The third kappa shape index (κ3) is 3.61. The lowest BCUT2D eigenvalue weighted by Crippen LogP contribution is -2.08. The van der Waals surface area contributed by atoms with Gasteiger partial charge in [-0.2, -0.15) is 0 Å². The van der Waals surface area contributed by atoms with Gasteiger partial charge in [-0.25, -0.2) is 0 Å². The van der Waals surface area contributed by atoms with Crippen molar-refractivity contribution in [3.63, 3.8) is 0 Å². The van der Waals surface area contributed by atoms with E-state index in [0.29, 0.717) is 11.3 Å². The number of alkyl halides is 1. The summed E-state index contributed by atoms with van der Waals surface area (Å²) in [5.41, 5.74) is 0. The van der Waals surface area contributed by atoms with E-state index in [0.717, 1.165) is 12.8 Å². The number of halogens is 2. The summed E-state index contributed by atoms with van der Waals surface area (Å²) in [6.07, 6.45) is 2.16. The van der Waals surface area contributed by atoms with E-state index in [-0.39, 0.29) is 0 Å². The van der Waals surface area contributed by atoms with Gasteiger partial charge < -0.3 is 0 Å². The fourth-order valence-electron chi connectivity index (χ4n) is 1.11. The van der Waals surface area contributed by atoms with Crippen LogP contribution in [-0.2, 0) is 6.42 Å². The number of thiophene rings is 1. The first-order valence-corrected chi connectivity index (χ1v) is 6.58. The Balaban J connectivity index is 2.39. The van der Waals surface area contributed by atoms with Gasteiger partial charge in [0.25, 0.3) is 0 Å². The van der Waals surface area contributed by atoms with Crippen molar-refractivity contribution in [2.75, 3.05) is 0 Å².